The van der Waals surface area contributed by atoms with Crippen LogP contribution in [0.2, 0.25) is 0 Å². The Balaban J connectivity index is 1.94. The van der Waals surface area contributed by atoms with E-state index < -0.39 is 9.84 Å². The zero-order valence-electron chi connectivity index (χ0n) is 11.5. The molecular weight excluding hydrogens is 262 g/mol. The Kier molecular flexibility index (Phi) is 4.47. The van der Waals surface area contributed by atoms with Gasteiger partial charge in [-0.1, -0.05) is 17.7 Å². The normalized spacial score (nSPS) is 21.5. The number of sulfone groups is 1. The Morgan fingerprint density at radius 1 is 1.42 bits per heavy atom. The van der Waals surface area contributed by atoms with Gasteiger partial charge in [0, 0.05) is 18.7 Å². The molecule has 106 valence electrons. The second-order valence-electron chi connectivity index (χ2n) is 5.08. The molecule has 1 aliphatic rings. The molecule has 1 atom stereocenters. The van der Waals surface area contributed by atoms with E-state index in [0.717, 1.165) is 24.2 Å². The van der Waals surface area contributed by atoms with Crippen molar-refractivity contribution in [3.8, 4) is 5.75 Å². The van der Waals surface area contributed by atoms with Crippen molar-refractivity contribution < 1.29 is 13.2 Å². The molecule has 0 radical (unpaired) electrons. The maximum Gasteiger partial charge on any atom is 0.154 e. The smallest absolute Gasteiger partial charge is 0.154 e. The maximum absolute atomic E-state index is 11.7. The number of rotatable bonds is 5. The number of hydrogen-bond donors (Lipinski definition) is 1. The van der Waals surface area contributed by atoms with Crippen molar-refractivity contribution in [2.75, 3.05) is 19.4 Å². The van der Waals surface area contributed by atoms with Crippen molar-refractivity contribution >= 4 is 9.84 Å². The summed E-state index contributed by atoms with van der Waals surface area (Å²) >= 11 is 0. The van der Waals surface area contributed by atoms with Gasteiger partial charge >= 0.3 is 0 Å². The first-order chi connectivity index (χ1) is 9.03. The summed E-state index contributed by atoms with van der Waals surface area (Å²) < 4.78 is 28.7. The van der Waals surface area contributed by atoms with E-state index >= 15 is 0 Å². The van der Waals surface area contributed by atoms with Gasteiger partial charge in [0.25, 0.3) is 0 Å². The fourth-order valence-corrected chi connectivity index (χ4v) is 4.30. The lowest BCUT2D eigenvalue weighted by atomic mass is 10.1. The number of ether oxygens (including phenoxy) is 1. The average Bonchev–Trinajstić information content (AvgIpc) is 2.69. The van der Waals surface area contributed by atoms with E-state index in [9.17, 15) is 8.42 Å². The van der Waals surface area contributed by atoms with Crippen LogP contribution in [0.25, 0.3) is 0 Å². The van der Waals surface area contributed by atoms with Gasteiger partial charge in [0.2, 0.25) is 0 Å². The predicted molar refractivity (Wildman–Crippen MR) is 76.2 cm³/mol. The fourth-order valence-electron chi connectivity index (χ4n) is 2.50. The van der Waals surface area contributed by atoms with Crippen molar-refractivity contribution in [1.29, 1.82) is 0 Å². The molecule has 1 aromatic rings. The maximum atomic E-state index is 11.7. The molecule has 1 heterocycles. The Bertz CT molecular complexity index is 540. The molecule has 5 heteroatoms. The lowest BCUT2D eigenvalue weighted by Gasteiger charge is -2.13. The molecule has 1 aliphatic heterocycles. The number of benzene rings is 1. The molecule has 1 aromatic carbocycles. The summed E-state index contributed by atoms with van der Waals surface area (Å²) in [4.78, 5) is 0. The molecule has 1 unspecified atom stereocenters. The second-order valence-corrected chi connectivity index (χ2v) is 7.48. The highest BCUT2D eigenvalue weighted by Gasteiger charge is 2.30. The number of nitrogens with one attached hydrogen (secondary N) is 1. The van der Waals surface area contributed by atoms with Gasteiger partial charge in [0.05, 0.1) is 18.1 Å². The third-order valence-corrected chi connectivity index (χ3v) is 5.86. The van der Waals surface area contributed by atoms with E-state index in [1.807, 2.05) is 19.1 Å². The van der Waals surface area contributed by atoms with Gasteiger partial charge < -0.3 is 10.1 Å². The minimum Gasteiger partial charge on any atom is -0.496 e. The summed E-state index contributed by atoms with van der Waals surface area (Å²) in [6.07, 6.45) is 1.57. The van der Waals surface area contributed by atoms with Gasteiger partial charge in [-0.25, -0.2) is 8.42 Å². The Morgan fingerprint density at radius 3 is 2.84 bits per heavy atom. The number of aryl methyl sites for hydroxylation is 1. The SMILES string of the molecule is COc1ccc(C)cc1CNCC1CCCS1(=O)=O. The van der Waals surface area contributed by atoms with E-state index in [2.05, 4.69) is 11.4 Å². The molecule has 0 aliphatic carbocycles. The van der Waals surface area contributed by atoms with Crippen molar-refractivity contribution in [1.82, 2.24) is 5.32 Å². The third kappa shape index (κ3) is 3.48. The lowest BCUT2D eigenvalue weighted by molar-refractivity contribution is 0.407. The van der Waals surface area contributed by atoms with Crippen molar-refractivity contribution in [3.05, 3.63) is 29.3 Å². The lowest BCUT2D eigenvalue weighted by Crippen LogP contribution is -2.30. The minimum absolute atomic E-state index is 0.219. The molecule has 1 saturated heterocycles. The Hall–Kier alpha value is -1.07. The van der Waals surface area contributed by atoms with Gasteiger partial charge in [0.15, 0.2) is 9.84 Å². The van der Waals surface area contributed by atoms with Crippen LogP contribution in [0.15, 0.2) is 18.2 Å². The molecule has 19 heavy (non-hydrogen) atoms. The molecule has 1 fully saturated rings. The molecule has 0 spiro atoms. The van der Waals surface area contributed by atoms with Crippen LogP contribution in [0.4, 0.5) is 0 Å². The summed E-state index contributed by atoms with van der Waals surface area (Å²) in [6.45, 7) is 3.20. The van der Waals surface area contributed by atoms with Gasteiger partial charge in [-0.3, -0.25) is 0 Å². The van der Waals surface area contributed by atoms with Crippen LogP contribution >= 0.6 is 0 Å². The standard InChI is InChI=1S/C14H21NO3S/c1-11-5-6-14(18-2)12(8-11)9-15-10-13-4-3-7-19(13,16)17/h5-6,8,13,15H,3-4,7,9-10H2,1-2H3. The van der Waals surface area contributed by atoms with Crippen LogP contribution in [0.3, 0.4) is 0 Å². The first-order valence-corrected chi connectivity index (χ1v) is 8.30. The minimum atomic E-state index is -2.86. The highest BCUT2D eigenvalue weighted by Crippen LogP contribution is 2.21. The van der Waals surface area contributed by atoms with Crippen LogP contribution < -0.4 is 10.1 Å². The zero-order chi connectivity index (χ0) is 13.9. The topological polar surface area (TPSA) is 55.4 Å². The largest absolute Gasteiger partial charge is 0.496 e. The predicted octanol–water partition coefficient (Wildman–Crippen LogP) is 1.67. The van der Waals surface area contributed by atoms with Crippen LogP contribution in [-0.2, 0) is 16.4 Å². The van der Waals surface area contributed by atoms with E-state index in [-0.39, 0.29) is 5.25 Å². The summed E-state index contributed by atoms with van der Waals surface area (Å²) in [5, 5.41) is 3.02. The summed E-state index contributed by atoms with van der Waals surface area (Å²) in [6, 6.07) is 6.01. The molecule has 0 amide bonds. The van der Waals surface area contributed by atoms with Crippen LogP contribution in [0.1, 0.15) is 24.0 Å². The fraction of sp³-hybridized carbons (Fsp3) is 0.571. The summed E-state index contributed by atoms with van der Waals surface area (Å²) in [7, 11) is -1.21. The highest BCUT2D eigenvalue weighted by atomic mass is 32.2. The molecule has 2 rings (SSSR count). The van der Waals surface area contributed by atoms with Gasteiger partial charge in [-0.2, -0.15) is 0 Å². The average molecular weight is 283 g/mol. The molecule has 0 bridgehead atoms. The highest BCUT2D eigenvalue weighted by molar-refractivity contribution is 7.92. The van der Waals surface area contributed by atoms with Gasteiger partial charge in [-0.15, -0.1) is 0 Å². The number of methoxy groups -OCH3 is 1. The van der Waals surface area contributed by atoms with E-state index in [1.54, 1.807) is 7.11 Å². The van der Waals surface area contributed by atoms with Crippen molar-refractivity contribution in [3.63, 3.8) is 0 Å². The zero-order valence-corrected chi connectivity index (χ0v) is 12.3. The van der Waals surface area contributed by atoms with E-state index in [0.29, 0.717) is 18.8 Å². The molecule has 0 aromatic heterocycles. The first kappa shape index (κ1) is 14.3. The van der Waals surface area contributed by atoms with E-state index in [4.69, 9.17) is 4.74 Å². The Labute approximate surface area is 115 Å². The van der Waals surface area contributed by atoms with Crippen molar-refractivity contribution in [2.45, 2.75) is 31.6 Å². The molecule has 1 N–H and O–H groups in total. The summed E-state index contributed by atoms with van der Waals surface area (Å²) in [5.74, 6) is 1.18. The van der Waals surface area contributed by atoms with Gasteiger partial charge in [0.1, 0.15) is 5.75 Å². The van der Waals surface area contributed by atoms with E-state index in [1.165, 1.54) is 5.56 Å². The monoisotopic (exact) mass is 283 g/mol. The van der Waals surface area contributed by atoms with Crippen molar-refractivity contribution in [2.24, 2.45) is 0 Å². The summed E-state index contributed by atoms with van der Waals surface area (Å²) in [5.41, 5.74) is 2.24. The van der Waals surface area contributed by atoms with Gasteiger partial charge in [-0.05, 0) is 25.8 Å². The quantitative estimate of drug-likeness (QED) is 0.893. The third-order valence-electron chi connectivity index (χ3n) is 3.59. The van der Waals surface area contributed by atoms with Crippen LogP contribution in [-0.4, -0.2) is 33.1 Å². The first-order valence-electron chi connectivity index (χ1n) is 6.59. The second kappa shape index (κ2) is 5.92. The van der Waals surface area contributed by atoms with Crippen LogP contribution in [0.5, 0.6) is 5.75 Å². The van der Waals surface area contributed by atoms with Crippen LogP contribution in [0, 0.1) is 6.92 Å². The number of hydrogen-bond acceptors (Lipinski definition) is 4. The molecule has 0 saturated carbocycles. The molecular formula is C14H21NO3S. The molecule has 4 nitrogen and oxygen atoms in total. The Morgan fingerprint density at radius 2 is 2.21 bits per heavy atom.